The monoisotopic (exact) mass is 567 g/mol. The first-order valence-electron chi connectivity index (χ1n) is 13.0. The van der Waals surface area contributed by atoms with Crippen LogP contribution in [0.4, 0.5) is 30.6 Å². The molecule has 2 aliphatic rings. The lowest BCUT2D eigenvalue weighted by molar-refractivity contribution is -0.137. The Labute approximate surface area is 230 Å². The summed E-state index contributed by atoms with van der Waals surface area (Å²) in [4.78, 5) is 37.4. The molecule has 4 rings (SSSR count). The molecule has 0 spiro atoms. The molecular formula is C26H33ClF3N7O2. The lowest BCUT2D eigenvalue weighted by Gasteiger charge is -2.32. The van der Waals surface area contributed by atoms with Crippen LogP contribution >= 0.6 is 11.6 Å². The Morgan fingerprint density at radius 3 is 2.49 bits per heavy atom. The van der Waals surface area contributed by atoms with Crippen molar-refractivity contribution in [3.05, 3.63) is 40.5 Å². The van der Waals surface area contributed by atoms with E-state index in [1.54, 1.807) is 17.0 Å². The average molecular weight is 568 g/mol. The number of nitrogens with one attached hydrogen (secondary N) is 3. The zero-order valence-corrected chi connectivity index (χ0v) is 22.9. The van der Waals surface area contributed by atoms with Crippen molar-refractivity contribution in [2.24, 2.45) is 5.92 Å². The van der Waals surface area contributed by atoms with E-state index in [0.717, 1.165) is 13.1 Å². The zero-order chi connectivity index (χ0) is 28.3. The minimum atomic E-state index is -4.69. The third-order valence-electron chi connectivity index (χ3n) is 6.95. The molecule has 212 valence electrons. The first-order valence-corrected chi connectivity index (χ1v) is 13.4. The predicted molar refractivity (Wildman–Crippen MR) is 143 cm³/mol. The number of piperazine rings is 1. The standard InChI is InChI=1S/C26H33ClF3N7O2/c1-15(2)32-23(38)18-5-4-6-21(18)34-22-19(26(28,29)30)14-31-25(35-22)33-16-7-8-17(20(27)13-16)24(39)37-11-9-36(3)10-12-37/h7-8,13-15,18,21H,4-6,9-12H2,1-3H3,(H,32,38)(H2,31,33,34,35)/t18-,21+/m0/s1. The number of benzene rings is 1. The van der Waals surface area contributed by atoms with Crippen LogP contribution in [0.2, 0.25) is 5.02 Å². The van der Waals surface area contributed by atoms with Crippen molar-refractivity contribution in [1.82, 2.24) is 25.1 Å². The summed E-state index contributed by atoms with van der Waals surface area (Å²) in [5, 5.41) is 8.79. The number of hydrogen-bond acceptors (Lipinski definition) is 7. The minimum absolute atomic E-state index is 0.0746. The Morgan fingerprint density at radius 2 is 1.85 bits per heavy atom. The maximum absolute atomic E-state index is 13.8. The van der Waals surface area contributed by atoms with Crippen LogP contribution in [0.5, 0.6) is 0 Å². The van der Waals surface area contributed by atoms with E-state index in [9.17, 15) is 22.8 Å². The molecule has 1 aromatic carbocycles. The molecule has 0 unspecified atom stereocenters. The molecule has 2 fully saturated rings. The molecule has 1 saturated heterocycles. The highest BCUT2D eigenvalue weighted by Crippen LogP contribution is 2.37. The number of likely N-dealkylation sites (N-methyl/N-ethyl adjacent to an activating group) is 1. The van der Waals surface area contributed by atoms with Gasteiger partial charge in [0.2, 0.25) is 11.9 Å². The van der Waals surface area contributed by atoms with Crippen LogP contribution in [0.25, 0.3) is 0 Å². The summed E-state index contributed by atoms with van der Waals surface area (Å²) < 4.78 is 41.3. The number of anilines is 3. The number of aromatic nitrogens is 2. The highest BCUT2D eigenvalue weighted by atomic mass is 35.5. The smallest absolute Gasteiger partial charge is 0.366 e. The first-order chi connectivity index (χ1) is 18.4. The number of amides is 2. The van der Waals surface area contributed by atoms with E-state index in [-0.39, 0.29) is 28.8 Å². The van der Waals surface area contributed by atoms with Gasteiger partial charge in [-0.2, -0.15) is 18.2 Å². The van der Waals surface area contributed by atoms with Crippen molar-refractivity contribution in [3.63, 3.8) is 0 Å². The quantitative estimate of drug-likeness (QED) is 0.456. The van der Waals surface area contributed by atoms with Crippen LogP contribution in [-0.4, -0.2) is 76.9 Å². The summed E-state index contributed by atoms with van der Waals surface area (Å²) in [5.41, 5.74) is -0.265. The molecule has 2 heterocycles. The van der Waals surface area contributed by atoms with Crippen molar-refractivity contribution in [2.75, 3.05) is 43.9 Å². The van der Waals surface area contributed by atoms with Gasteiger partial charge in [0.25, 0.3) is 5.91 Å². The van der Waals surface area contributed by atoms with Gasteiger partial charge in [0.05, 0.1) is 16.5 Å². The summed E-state index contributed by atoms with van der Waals surface area (Å²) in [7, 11) is 2.00. The molecule has 1 saturated carbocycles. The maximum atomic E-state index is 13.8. The van der Waals surface area contributed by atoms with Crippen molar-refractivity contribution < 1.29 is 22.8 Å². The molecule has 3 N–H and O–H groups in total. The van der Waals surface area contributed by atoms with Gasteiger partial charge in [0, 0.05) is 50.1 Å². The molecule has 1 aliphatic heterocycles. The minimum Gasteiger partial charge on any atom is -0.366 e. The fourth-order valence-electron chi connectivity index (χ4n) is 4.85. The van der Waals surface area contributed by atoms with Gasteiger partial charge in [0.1, 0.15) is 11.4 Å². The van der Waals surface area contributed by atoms with Crippen LogP contribution in [0, 0.1) is 5.92 Å². The van der Waals surface area contributed by atoms with Gasteiger partial charge >= 0.3 is 6.18 Å². The summed E-state index contributed by atoms with van der Waals surface area (Å²) in [5.74, 6) is -1.32. The second kappa shape index (κ2) is 12.0. The molecule has 2 atom stereocenters. The molecule has 0 radical (unpaired) electrons. The Morgan fingerprint density at radius 1 is 1.13 bits per heavy atom. The van der Waals surface area contributed by atoms with Gasteiger partial charge in [-0.1, -0.05) is 18.0 Å². The van der Waals surface area contributed by atoms with Crippen molar-refractivity contribution >= 4 is 40.9 Å². The van der Waals surface area contributed by atoms with E-state index >= 15 is 0 Å². The first kappa shape index (κ1) is 28.9. The van der Waals surface area contributed by atoms with E-state index in [0.29, 0.717) is 49.8 Å². The third-order valence-corrected chi connectivity index (χ3v) is 7.26. The number of carbonyl (C=O) groups excluding carboxylic acids is 2. The van der Waals surface area contributed by atoms with Crippen LogP contribution < -0.4 is 16.0 Å². The fraction of sp³-hybridized carbons (Fsp3) is 0.538. The van der Waals surface area contributed by atoms with E-state index in [4.69, 9.17) is 11.6 Å². The summed E-state index contributed by atoms with van der Waals surface area (Å²) >= 11 is 6.41. The molecule has 2 amide bonds. The molecule has 39 heavy (non-hydrogen) atoms. The van der Waals surface area contributed by atoms with E-state index in [1.165, 1.54) is 6.07 Å². The highest BCUT2D eigenvalue weighted by Gasteiger charge is 2.39. The normalized spacial score (nSPS) is 20.3. The number of rotatable bonds is 7. The summed E-state index contributed by atoms with van der Waals surface area (Å²) in [6.07, 6.45) is -2.15. The van der Waals surface area contributed by atoms with Crippen molar-refractivity contribution in [3.8, 4) is 0 Å². The number of nitrogens with zero attached hydrogens (tertiary/aromatic N) is 4. The van der Waals surface area contributed by atoms with Crippen LogP contribution in [0.3, 0.4) is 0 Å². The molecule has 13 heteroatoms. The second-order valence-electron chi connectivity index (χ2n) is 10.3. The number of halogens is 4. The summed E-state index contributed by atoms with van der Waals surface area (Å²) in [6, 6.07) is 4.12. The van der Waals surface area contributed by atoms with Crippen LogP contribution in [0.15, 0.2) is 24.4 Å². The highest BCUT2D eigenvalue weighted by molar-refractivity contribution is 6.34. The van der Waals surface area contributed by atoms with Gasteiger partial charge in [-0.15, -0.1) is 0 Å². The summed E-state index contributed by atoms with van der Waals surface area (Å²) in [6.45, 7) is 6.41. The van der Waals surface area contributed by atoms with Crippen molar-refractivity contribution in [1.29, 1.82) is 0 Å². The van der Waals surface area contributed by atoms with Gasteiger partial charge in [-0.25, -0.2) is 4.98 Å². The van der Waals surface area contributed by atoms with Gasteiger partial charge < -0.3 is 25.8 Å². The SMILES string of the molecule is CC(C)NC(=O)[C@H]1CCC[C@H]1Nc1nc(Nc2ccc(C(=O)N3CCN(C)CC3)c(Cl)c2)ncc1C(F)(F)F. The lowest BCUT2D eigenvalue weighted by atomic mass is 10.0. The van der Waals surface area contributed by atoms with Crippen LogP contribution in [0.1, 0.15) is 49.0 Å². The Bertz CT molecular complexity index is 1200. The average Bonchev–Trinajstić information content (AvgIpc) is 3.31. The van der Waals surface area contributed by atoms with Crippen LogP contribution in [-0.2, 0) is 11.0 Å². The number of carbonyl (C=O) groups is 2. The van der Waals surface area contributed by atoms with E-state index in [1.807, 2.05) is 20.9 Å². The van der Waals surface area contributed by atoms with Crippen molar-refractivity contribution in [2.45, 2.75) is 51.4 Å². The zero-order valence-electron chi connectivity index (χ0n) is 22.1. The van der Waals surface area contributed by atoms with Gasteiger partial charge in [-0.05, 0) is 51.9 Å². The molecule has 1 aliphatic carbocycles. The van der Waals surface area contributed by atoms with Gasteiger partial charge in [0.15, 0.2) is 0 Å². The predicted octanol–water partition coefficient (Wildman–Crippen LogP) is 4.39. The lowest BCUT2D eigenvalue weighted by Crippen LogP contribution is -2.47. The Hall–Kier alpha value is -3.12. The largest absolute Gasteiger partial charge is 0.421 e. The molecule has 9 nitrogen and oxygen atoms in total. The second-order valence-corrected chi connectivity index (χ2v) is 10.7. The molecule has 1 aromatic heterocycles. The Balaban J connectivity index is 1.52. The fourth-order valence-corrected chi connectivity index (χ4v) is 5.11. The van der Waals surface area contributed by atoms with E-state index < -0.39 is 29.5 Å². The van der Waals surface area contributed by atoms with E-state index in [2.05, 4.69) is 30.8 Å². The molecule has 0 bridgehead atoms. The number of alkyl halides is 3. The third kappa shape index (κ3) is 7.10. The Kier molecular flexibility index (Phi) is 8.85. The number of hydrogen-bond donors (Lipinski definition) is 3. The molecule has 2 aromatic rings. The van der Waals surface area contributed by atoms with Gasteiger partial charge in [-0.3, -0.25) is 9.59 Å². The molecular weight excluding hydrogens is 535 g/mol. The topological polar surface area (TPSA) is 102 Å². The maximum Gasteiger partial charge on any atom is 0.421 e.